The van der Waals surface area contributed by atoms with E-state index in [0.29, 0.717) is 0 Å². The smallest absolute Gasteiger partial charge is 0.406 e. The molecule has 2 aromatic rings. The van der Waals surface area contributed by atoms with Gasteiger partial charge < -0.3 is 10.1 Å². The van der Waals surface area contributed by atoms with Gasteiger partial charge in [-0.25, -0.2) is 0 Å². The second kappa shape index (κ2) is 11.2. The topological polar surface area (TPSA) is 24.5 Å². The number of nitrogens with zero attached hydrogens (tertiary/aromatic N) is 1. The first-order valence-electron chi connectivity index (χ1n) is 8.41. The van der Waals surface area contributed by atoms with Gasteiger partial charge in [0.1, 0.15) is 5.75 Å². The van der Waals surface area contributed by atoms with Crippen molar-refractivity contribution in [2.24, 2.45) is 0 Å². The molecule has 0 aromatic heterocycles. The Bertz CT molecular complexity index is 709. The number of alkyl halides is 3. The molecule has 1 heterocycles. The second-order valence-corrected chi connectivity index (χ2v) is 6.96. The first-order valence-corrected chi connectivity index (χ1v) is 9.63. The Labute approximate surface area is 179 Å². The molecule has 1 N–H and O–H groups in total. The van der Waals surface area contributed by atoms with E-state index in [2.05, 4.69) is 39.2 Å². The first-order chi connectivity index (χ1) is 12.5. The highest BCUT2D eigenvalue weighted by atomic mass is 35.5. The molecular weight excluding hydrogens is 432 g/mol. The molecule has 1 saturated heterocycles. The van der Waals surface area contributed by atoms with Crippen molar-refractivity contribution in [1.29, 1.82) is 0 Å². The molecule has 156 valence electrons. The number of hydrogen-bond donors (Lipinski definition) is 1. The molecule has 1 aliphatic rings. The summed E-state index contributed by atoms with van der Waals surface area (Å²) in [4.78, 5) is 3.53. The lowest BCUT2D eigenvalue weighted by molar-refractivity contribution is -0.274. The van der Waals surface area contributed by atoms with Crippen LogP contribution in [0.3, 0.4) is 0 Å². The van der Waals surface area contributed by atoms with E-state index < -0.39 is 6.36 Å². The summed E-state index contributed by atoms with van der Waals surface area (Å²) >= 11 is 1.68. The van der Waals surface area contributed by atoms with Crippen molar-refractivity contribution in [2.45, 2.75) is 17.3 Å². The largest absolute Gasteiger partial charge is 0.573 e. The summed E-state index contributed by atoms with van der Waals surface area (Å²) in [5, 5.41) is 3.34. The summed E-state index contributed by atoms with van der Waals surface area (Å²) in [6, 6.07) is 14.6. The van der Waals surface area contributed by atoms with Crippen molar-refractivity contribution in [1.82, 2.24) is 10.2 Å². The molecule has 0 amide bonds. The van der Waals surface area contributed by atoms with E-state index in [1.54, 1.807) is 23.9 Å². The SMILES string of the molecule is CSc1ccc([C@@H](c2ccc(OC(F)(F)F)cc2)N2CCNCC2)cc1.Cl.Cl. The summed E-state index contributed by atoms with van der Waals surface area (Å²) < 4.78 is 41.2. The monoisotopic (exact) mass is 454 g/mol. The van der Waals surface area contributed by atoms with Gasteiger partial charge in [0, 0.05) is 31.1 Å². The lowest BCUT2D eigenvalue weighted by Gasteiger charge is -2.35. The molecule has 28 heavy (non-hydrogen) atoms. The van der Waals surface area contributed by atoms with Crippen LogP contribution in [0, 0.1) is 0 Å². The molecule has 3 nitrogen and oxygen atoms in total. The molecule has 2 aromatic carbocycles. The van der Waals surface area contributed by atoms with E-state index in [1.165, 1.54) is 17.0 Å². The predicted molar refractivity (Wildman–Crippen MR) is 112 cm³/mol. The van der Waals surface area contributed by atoms with Crippen LogP contribution in [0.5, 0.6) is 5.75 Å². The molecular formula is C19H23Cl2F3N2OS. The zero-order valence-electron chi connectivity index (χ0n) is 15.2. The average molecular weight is 455 g/mol. The maximum atomic E-state index is 12.4. The van der Waals surface area contributed by atoms with Gasteiger partial charge in [0.25, 0.3) is 0 Å². The summed E-state index contributed by atoms with van der Waals surface area (Å²) in [7, 11) is 0. The van der Waals surface area contributed by atoms with Crippen LogP contribution in [-0.4, -0.2) is 43.7 Å². The van der Waals surface area contributed by atoms with Gasteiger partial charge in [-0.2, -0.15) is 0 Å². The van der Waals surface area contributed by atoms with E-state index >= 15 is 0 Å². The molecule has 9 heteroatoms. The minimum atomic E-state index is -4.67. The predicted octanol–water partition coefficient (Wildman–Crippen LogP) is 5.15. The van der Waals surface area contributed by atoms with Crippen molar-refractivity contribution in [3.63, 3.8) is 0 Å². The maximum Gasteiger partial charge on any atom is 0.573 e. The van der Waals surface area contributed by atoms with E-state index in [4.69, 9.17) is 0 Å². The number of ether oxygens (including phenoxy) is 1. The van der Waals surface area contributed by atoms with Crippen LogP contribution in [-0.2, 0) is 0 Å². The minimum absolute atomic E-state index is 0. The molecule has 0 saturated carbocycles. The number of halogens is 5. The van der Waals surface area contributed by atoms with Crippen molar-refractivity contribution in [3.8, 4) is 5.75 Å². The highest BCUT2D eigenvalue weighted by Crippen LogP contribution is 2.32. The van der Waals surface area contributed by atoms with Crippen LogP contribution in [0.2, 0.25) is 0 Å². The Morgan fingerprint density at radius 1 is 0.929 bits per heavy atom. The molecule has 0 bridgehead atoms. The summed E-state index contributed by atoms with van der Waals surface area (Å²) in [6.07, 6.45) is -2.64. The van der Waals surface area contributed by atoms with Gasteiger partial charge in [-0.3, -0.25) is 4.90 Å². The molecule has 1 atom stereocenters. The fourth-order valence-electron chi connectivity index (χ4n) is 3.19. The van der Waals surface area contributed by atoms with E-state index in [1.807, 2.05) is 6.26 Å². The Balaban J connectivity index is 0.00000196. The Morgan fingerprint density at radius 2 is 1.43 bits per heavy atom. The lowest BCUT2D eigenvalue weighted by atomic mass is 9.96. The fraction of sp³-hybridized carbons (Fsp3) is 0.368. The van der Waals surface area contributed by atoms with Crippen molar-refractivity contribution in [3.05, 3.63) is 59.7 Å². The zero-order chi connectivity index (χ0) is 18.6. The number of piperazine rings is 1. The van der Waals surface area contributed by atoms with Gasteiger partial charge in [0.05, 0.1) is 6.04 Å². The normalized spacial score (nSPS) is 15.9. The first kappa shape index (κ1) is 24.9. The van der Waals surface area contributed by atoms with E-state index in [0.717, 1.165) is 37.3 Å². The van der Waals surface area contributed by atoms with Crippen molar-refractivity contribution < 1.29 is 17.9 Å². The minimum Gasteiger partial charge on any atom is -0.406 e. The molecule has 1 fully saturated rings. The van der Waals surface area contributed by atoms with Gasteiger partial charge >= 0.3 is 6.36 Å². The molecule has 0 unspecified atom stereocenters. The van der Waals surface area contributed by atoms with Crippen molar-refractivity contribution >= 4 is 36.6 Å². The van der Waals surface area contributed by atoms with Crippen LogP contribution in [0.15, 0.2) is 53.4 Å². The number of rotatable bonds is 5. The third kappa shape index (κ3) is 6.74. The van der Waals surface area contributed by atoms with Crippen LogP contribution < -0.4 is 10.1 Å². The second-order valence-electron chi connectivity index (χ2n) is 6.08. The number of nitrogens with one attached hydrogen (secondary N) is 1. The average Bonchev–Trinajstić information content (AvgIpc) is 2.64. The fourth-order valence-corrected chi connectivity index (χ4v) is 3.60. The number of benzene rings is 2. The molecule has 0 radical (unpaired) electrons. The van der Waals surface area contributed by atoms with Crippen LogP contribution >= 0.6 is 36.6 Å². The highest BCUT2D eigenvalue weighted by Gasteiger charge is 2.31. The highest BCUT2D eigenvalue weighted by molar-refractivity contribution is 7.98. The standard InChI is InChI=1S/C19H21F3N2OS.2ClH/c1-26-17-8-4-15(5-9-17)18(24-12-10-23-11-13-24)14-2-6-16(7-3-14)25-19(20,21)22;;/h2-9,18,23H,10-13H2,1H3;2*1H/t18-;;/m1../s1. The Morgan fingerprint density at radius 3 is 1.89 bits per heavy atom. The van der Waals surface area contributed by atoms with Gasteiger partial charge in [0.15, 0.2) is 0 Å². The summed E-state index contributed by atoms with van der Waals surface area (Å²) in [5.41, 5.74) is 2.09. The lowest BCUT2D eigenvalue weighted by Crippen LogP contribution is -2.45. The zero-order valence-corrected chi connectivity index (χ0v) is 17.7. The quantitative estimate of drug-likeness (QED) is 0.631. The summed E-state index contributed by atoms with van der Waals surface area (Å²) in [6.45, 7) is 3.56. The molecule has 0 aliphatic carbocycles. The molecule has 0 spiro atoms. The third-order valence-electron chi connectivity index (χ3n) is 4.38. The maximum absolute atomic E-state index is 12.4. The van der Waals surface area contributed by atoms with Crippen LogP contribution in [0.1, 0.15) is 17.2 Å². The van der Waals surface area contributed by atoms with Gasteiger partial charge in [0.2, 0.25) is 0 Å². The van der Waals surface area contributed by atoms with Gasteiger partial charge in [-0.15, -0.1) is 49.7 Å². The Kier molecular flexibility index (Phi) is 9.94. The molecule has 1 aliphatic heterocycles. The third-order valence-corrected chi connectivity index (χ3v) is 5.12. The number of hydrogen-bond acceptors (Lipinski definition) is 4. The Hall–Kier alpha value is -1.12. The number of thioether (sulfide) groups is 1. The van der Waals surface area contributed by atoms with Gasteiger partial charge in [-0.05, 0) is 41.6 Å². The van der Waals surface area contributed by atoms with Gasteiger partial charge in [-0.1, -0.05) is 24.3 Å². The summed E-state index contributed by atoms with van der Waals surface area (Å²) in [5.74, 6) is -0.196. The van der Waals surface area contributed by atoms with E-state index in [-0.39, 0.29) is 36.6 Å². The van der Waals surface area contributed by atoms with Crippen LogP contribution in [0.25, 0.3) is 0 Å². The van der Waals surface area contributed by atoms with Crippen LogP contribution in [0.4, 0.5) is 13.2 Å². The molecule has 3 rings (SSSR count). The van der Waals surface area contributed by atoms with E-state index in [9.17, 15) is 13.2 Å². The van der Waals surface area contributed by atoms with Crippen molar-refractivity contribution in [2.75, 3.05) is 32.4 Å².